The van der Waals surface area contributed by atoms with Gasteiger partial charge in [-0.2, -0.15) is 0 Å². The van der Waals surface area contributed by atoms with Gasteiger partial charge in [0.2, 0.25) is 5.91 Å². The molecule has 176 valence electrons. The third kappa shape index (κ3) is 3.91. The van der Waals surface area contributed by atoms with Gasteiger partial charge in [-0.15, -0.1) is 0 Å². The molecule has 6 heteroatoms. The number of carbonyl (C=O) groups is 2. The molecule has 2 saturated heterocycles. The standard InChI is InChI=1S/C26H39N3O3/c1-17(2)18-8-6-7-9-19(18)21-15-27-16-22(30)29(21)20-14-26(23(20)25(3,4)5)10-12-28(13-11-26)24(31)32/h6-9,17,20-21,23,27H,10-16H2,1-5H3,(H,31,32). The van der Waals surface area contributed by atoms with Crippen molar-refractivity contribution in [3.63, 3.8) is 0 Å². The Balaban J connectivity index is 1.66. The summed E-state index contributed by atoms with van der Waals surface area (Å²) in [5.41, 5.74) is 2.75. The van der Waals surface area contributed by atoms with E-state index in [9.17, 15) is 14.7 Å². The number of likely N-dealkylation sites (tertiary alicyclic amines) is 1. The molecule has 4 rings (SSSR count). The van der Waals surface area contributed by atoms with E-state index in [0.717, 1.165) is 25.8 Å². The van der Waals surface area contributed by atoms with Gasteiger partial charge >= 0.3 is 6.09 Å². The van der Waals surface area contributed by atoms with Crippen LogP contribution in [-0.4, -0.2) is 59.1 Å². The number of carbonyl (C=O) groups excluding carboxylic acids is 1. The number of piperazine rings is 1. The van der Waals surface area contributed by atoms with Gasteiger partial charge in [-0.25, -0.2) is 4.79 Å². The van der Waals surface area contributed by atoms with Crippen molar-refractivity contribution in [3.05, 3.63) is 35.4 Å². The van der Waals surface area contributed by atoms with Gasteiger partial charge < -0.3 is 20.2 Å². The Morgan fingerprint density at radius 2 is 1.84 bits per heavy atom. The van der Waals surface area contributed by atoms with Gasteiger partial charge in [0.1, 0.15) is 0 Å². The van der Waals surface area contributed by atoms with E-state index in [1.54, 1.807) is 4.90 Å². The fraction of sp³-hybridized carbons (Fsp3) is 0.692. The van der Waals surface area contributed by atoms with Crippen molar-refractivity contribution in [2.24, 2.45) is 16.7 Å². The molecule has 3 fully saturated rings. The highest BCUT2D eigenvalue weighted by molar-refractivity contribution is 5.80. The zero-order valence-electron chi connectivity index (χ0n) is 20.2. The number of rotatable bonds is 3. The monoisotopic (exact) mass is 441 g/mol. The first-order valence-electron chi connectivity index (χ1n) is 12.1. The van der Waals surface area contributed by atoms with E-state index in [-0.39, 0.29) is 28.8 Å². The van der Waals surface area contributed by atoms with Crippen LogP contribution >= 0.6 is 0 Å². The lowest BCUT2D eigenvalue weighted by molar-refractivity contribution is -0.177. The summed E-state index contributed by atoms with van der Waals surface area (Å²) in [5.74, 6) is 0.954. The van der Waals surface area contributed by atoms with E-state index in [0.29, 0.717) is 31.5 Å². The molecule has 0 aromatic heterocycles. The van der Waals surface area contributed by atoms with Crippen LogP contribution in [-0.2, 0) is 4.79 Å². The fourth-order valence-electron chi connectivity index (χ4n) is 7.02. The van der Waals surface area contributed by atoms with Gasteiger partial charge in [0.05, 0.1) is 12.6 Å². The van der Waals surface area contributed by atoms with Crippen LogP contribution < -0.4 is 5.32 Å². The van der Waals surface area contributed by atoms with Crippen molar-refractivity contribution in [2.45, 2.75) is 71.9 Å². The summed E-state index contributed by atoms with van der Waals surface area (Å²) >= 11 is 0. The summed E-state index contributed by atoms with van der Waals surface area (Å²) in [6.07, 6.45) is 1.95. The van der Waals surface area contributed by atoms with E-state index in [1.807, 2.05) is 0 Å². The molecule has 2 heterocycles. The summed E-state index contributed by atoms with van der Waals surface area (Å²) in [6, 6.07) is 8.81. The maximum Gasteiger partial charge on any atom is 0.407 e. The zero-order valence-corrected chi connectivity index (χ0v) is 20.2. The molecule has 3 aliphatic rings. The molecule has 1 aromatic carbocycles. The molecule has 6 nitrogen and oxygen atoms in total. The van der Waals surface area contributed by atoms with Gasteiger partial charge in [0.25, 0.3) is 0 Å². The number of amides is 2. The van der Waals surface area contributed by atoms with Crippen molar-refractivity contribution in [1.82, 2.24) is 15.1 Å². The molecule has 2 amide bonds. The van der Waals surface area contributed by atoms with Crippen LogP contribution in [0, 0.1) is 16.7 Å². The molecule has 3 atom stereocenters. The minimum absolute atomic E-state index is 0.0427. The Kier molecular flexibility index (Phi) is 6.03. The summed E-state index contributed by atoms with van der Waals surface area (Å²) in [5, 5.41) is 12.8. The highest BCUT2D eigenvalue weighted by Crippen LogP contribution is 2.62. The summed E-state index contributed by atoms with van der Waals surface area (Å²) < 4.78 is 0. The van der Waals surface area contributed by atoms with Crippen LogP contribution in [0.5, 0.6) is 0 Å². The number of carboxylic acid groups (broad SMARTS) is 1. The van der Waals surface area contributed by atoms with E-state index in [1.165, 1.54) is 11.1 Å². The minimum Gasteiger partial charge on any atom is -0.465 e. The first-order chi connectivity index (χ1) is 15.0. The molecule has 3 unspecified atom stereocenters. The van der Waals surface area contributed by atoms with Crippen LogP contribution in [0.3, 0.4) is 0 Å². The predicted octanol–water partition coefficient (Wildman–Crippen LogP) is 4.48. The second-order valence-electron chi connectivity index (χ2n) is 11.5. The Hall–Kier alpha value is -2.08. The van der Waals surface area contributed by atoms with E-state index in [4.69, 9.17) is 0 Å². The molecule has 1 aromatic rings. The zero-order chi connectivity index (χ0) is 23.3. The molecule has 1 aliphatic carbocycles. The van der Waals surface area contributed by atoms with Gasteiger partial charge in [-0.05, 0) is 53.1 Å². The molecule has 0 bridgehead atoms. The maximum absolute atomic E-state index is 13.4. The average Bonchev–Trinajstić information content (AvgIpc) is 2.71. The van der Waals surface area contributed by atoms with Crippen molar-refractivity contribution in [3.8, 4) is 0 Å². The molecule has 1 spiro atoms. The number of nitrogens with one attached hydrogen (secondary N) is 1. The number of nitrogens with zero attached hydrogens (tertiary/aromatic N) is 2. The SMILES string of the molecule is CC(C)c1ccccc1C1CNCC(=O)N1C1CC2(CCN(C(=O)O)CC2)C1C(C)(C)C. The fourth-order valence-corrected chi connectivity index (χ4v) is 7.02. The molecule has 1 saturated carbocycles. The quantitative estimate of drug-likeness (QED) is 0.726. The number of hydrogen-bond donors (Lipinski definition) is 2. The van der Waals surface area contributed by atoms with Crippen molar-refractivity contribution < 1.29 is 14.7 Å². The molecule has 32 heavy (non-hydrogen) atoms. The first-order valence-corrected chi connectivity index (χ1v) is 12.1. The van der Waals surface area contributed by atoms with E-state index < -0.39 is 6.09 Å². The number of piperidine rings is 1. The predicted molar refractivity (Wildman–Crippen MR) is 126 cm³/mol. The van der Waals surface area contributed by atoms with Gasteiger partial charge in [-0.1, -0.05) is 58.9 Å². The van der Waals surface area contributed by atoms with Crippen LogP contribution in [0.1, 0.15) is 77.0 Å². The third-order valence-electron chi connectivity index (χ3n) is 8.19. The molecule has 2 N–H and O–H groups in total. The summed E-state index contributed by atoms with van der Waals surface area (Å²) in [4.78, 5) is 28.6. The maximum atomic E-state index is 13.4. The van der Waals surface area contributed by atoms with E-state index >= 15 is 0 Å². The topological polar surface area (TPSA) is 72.9 Å². The minimum atomic E-state index is -0.814. The second kappa shape index (κ2) is 8.36. The van der Waals surface area contributed by atoms with Gasteiger partial charge in [0.15, 0.2) is 0 Å². The largest absolute Gasteiger partial charge is 0.465 e. The summed E-state index contributed by atoms with van der Waals surface area (Å²) in [7, 11) is 0. The van der Waals surface area contributed by atoms with Crippen LogP contribution in [0.2, 0.25) is 0 Å². The van der Waals surface area contributed by atoms with Gasteiger partial charge in [0, 0.05) is 25.7 Å². The van der Waals surface area contributed by atoms with Crippen LogP contribution in [0.4, 0.5) is 4.79 Å². The van der Waals surface area contributed by atoms with Crippen LogP contribution in [0.15, 0.2) is 24.3 Å². The summed E-state index contributed by atoms with van der Waals surface area (Å²) in [6.45, 7) is 13.7. The Morgan fingerprint density at radius 1 is 1.19 bits per heavy atom. The normalized spacial score (nSPS) is 28.2. The molecule has 0 radical (unpaired) electrons. The molecular formula is C26H39N3O3. The van der Waals surface area contributed by atoms with Crippen molar-refractivity contribution in [1.29, 1.82) is 0 Å². The average molecular weight is 442 g/mol. The lowest BCUT2D eigenvalue weighted by Gasteiger charge is -2.66. The highest BCUT2D eigenvalue weighted by atomic mass is 16.4. The smallest absolute Gasteiger partial charge is 0.407 e. The lowest BCUT2D eigenvalue weighted by Crippen LogP contribution is -2.69. The molecule has 2 aliphatic heterocycles. The number of benzene rings is 1. The van der Waals surface area contributed by atoms with Gasteiger partial charge in [-0.3, -0.25) is 4.79 Å². The second-order valence-corrected chi connectivity index (χ2v) is 11.5. The van der Waals surface area contributed by atoms with Crippen molar-refractivity contribution in [2.75, 3.05) is 26.2 Å². The number of hydrogen-bond acceptors (Lipinski definition) is 3. The molecular weight excluding hydrogens is 402 g/mol. The van der Waals surface area contributed by atoms with E-state index in [2.05, 4.69) is 69.1 Å². The third-order valence-corrected chi connectivity index (χ3v) is 8.19. The van der Waals surface area contributed by atoms with Crippen molar-refractivity contribution >= 4 is 12.0 Å². The lowest BCUT2D eigenvalue weighted by atomic mass is 9.45. The highest BCUT2D eigenvalue weighted by Gasteiger charge is 2.61. The first kappa shape index (κ1) is 23.1. The van der Waals surface area contributed by atoms with Crippen LogP contribution in [0.25, 0.3) is 0 Å². The Bertz CT molecular complexity index is 867. The Morgan fingerprint density at radius 3 is 2.44 bits per heavy atom. The Labute approximate surface area is 192 Å².